The van der Waals surface area contributed by atoms with E-state index in [1.807, 2.05) is 0 Å². The SMILES string of the molecule is COc1cc(-c2ccc(C=O)o2)ccc1NS(C)(=O)=O. The summed E-state index contributed by atoms with van der Waals surface area (Å²) in [5.74, 6) is 1.07. The fraction of sp³-hybridized carbons (Fsp3) is 0.154. The number of anilines is 1. The van der Waals surface area contributed by atoms with E-state index in [9.17, 15) is 13.2 Å². The Labute approximate surface area is 116 Å². The van der Waals surface area contributed by atoms with Gasteiger partial charge in [0, 0.05) is 5.56 Å². The number of hydrogen-bond acceptors (Lipinski definition) is 5. The number of carbonyl (C=O) groups excluding carboxylic acids is 1. The molecule has 106 valence electrons. The van der Waals surface area contributed by atoms with Crippen molar-refractivity contribution in [3.63, 3.8) is 0 Å². The summed E-state index contributed by atoms with van der Waals surface area (Å²) in [4.78, 5) is 10.6. The maximum Gasteiger partial charge on any atom is 0.229 e. The maximum atomic E-state index is 11.2. The van der Waals surface area contributed by atoms with Crippen molar-refractivity contribution in [2.45, 2.75) is 0 Å². The fourth-order valence-corrected chi connectivity index (χ4v) is 2.27. The Kier molecular flexibility index (Phi) is 3.80. The van der Waals surface area contributed by atoms with E-state index < -0.39 is 10.0 Å². The van der Waals surface area contributed by atoms with E-state index in [4.69, 9.17) is 9.15 Å². The molecule has 1 N–H and O–H groups in total. The van der Waals surface area contributed by atoms with Crippen LogP contribution in [0.25, 0.3) is 11.3 Å². The predicted octanol–water partition coefficient (Wildman–Crippen LogP) is 2.14. The standard InChI is InChI=1S/C13H13NO5S/c1-18-13-7-9(12-6-4-10(8-15)19-12)3-5-11(13)14-20(2,16)17/h3-8,14H,1-2H3. The van der Waals surface area contributed by atoms with E-state index in [1.54, 1.807) is 30.3 Å². The Morgan fingerprint density at radius 3 is 2.55 bits per heavy atom. The molecule has 2 aromatic rings. The molecular weight excluding hydrogens is 282 g/mol. The number of hydrogen-bond donors (Lipinski definition) is 1. The molecule has 7 heteroatoms. The van der Waals surface area contributed by atoms with Crippen molar-refractivity contribution in [1.29, 1.82) is 0 Å². The quantitative estimate of drug-likeness (QED) is 0.854. The van der Waals surface area contributed by atoms with Gasteiger partial charge in [0.15, 0.2) is 12.0 Å². The monoisotopic (exact) mass is 295 g/mol. The molecular formula is C13H13NO5S. The average Bonchev–Trinajstić information content (AvgIpc) is 2.86. The van der Waals surface area contributed by atoms with Gasteiger partial charge in [-0.1, -0.05) is 0 Å². The summed E-state index contributed by atoms with van der Waals surface area (Å²) in [7, 11) is -1.95. The zero-order chi connectivity index (χ0) is 14.8. The molecule has 0 radical (unpaired) electrons. The number of nitrogens with one attached hydrogen (secondary N) is 1. The molecule has 1 aromatic carbocycles. The number of benzene rings is 1. The zero-order valence-corrected chi connectivity index (χ0v) is 11.7. The van der Waals surface area contributed by atoms with Crippen LogP contribution in [0.15, 0.2) is 34.7 Å². The van der Waals surface area contributed by atoms with Gasteiger partial charge >= 0.3 is 0 Å². The third-order valence-corrected chi connectivity index (χ3v) is 3.12. The molecule has 20 heavy (non-hydrogen) atoms. The van der Waals surface area contributed by atoms with E-state index in [0.717, 1.165) is 6.26 Å². The Balaban J connectivity index is 2.40. The third kappa shape index (κ3) is 3.18. The summed E-state index contributed by atoms with van der Waals surface area (Å²) in [6.07, 6.45) is 1.67. The molecule has 0 atom stereocenters. The van der Waals surface area contributed by atoms with E-state index >= 15 is 0 Å². The highest BCUT2D eigenvalue weighted by Gasteiger charge is 2.11. The van der Waals surface area contributed by atoms with E-state index in [2.05, 4.69) is 4.72 Å². The summed E-state index contributed by atoms with van der Waals surface area (Å²) in [6.45, 7) is 0. The molecule has 0 aliphatic heterocycles. The molecule has 0 fully saturated rings. The molecule has 2 rings (SSSR count). The van der Waals surface area contributed by atoms with Crippen molar-refractivity contribution in [3.05, 3.63) is 36.1 Å². The first-order chi connectivity index (χ1) is 9.43. The molecule has 0 bridgehead atoms. The van der Waals surface area contributed by atoms with Gasteiger partial charge in [-0.3, -0.25) is 9.52 Å². The number of rotatable bonds is 5. The molecule has 0 amide bonds. The van der Waals surface area contributed by atoms with Crippen molar-refractivity contribution >= 4 is 22.0 Å². The summed E-state index contributed by atoms with van der Waals surface area (Å²) >= 11 is 0. The molecule has 6 nitrogen and oxygen atoms in total. The molecule has 1 aromatic heterocycles. The van der Waals surface area contributed by atoms with Crippen LogP contribution in [0.1, 0.15) is 10.6 Å². The highest BCUT2D eigenvalue weighted by molar-refractivity contribution is 7.92. The molecule has 0 spiro atoms. The minimum absolute atomic E-state index is 0.220. The highest BCUT2D eigenvalue weighted by Crippen LogP contribution is 2.31. The van der Waals surface area contributed by atoms with Crippen molar-refractivity contribution in [1.82, 2.24) is 0 Å². The largest absolute Gasteiger partial charge is 0.495 e. The molecule has 0 aliphatic rings. The van der Waals surface area contributed by atoms with Gasteiger partial charge in [0.05, 0.1) is 19.1 Å². The minimum atomic E-state index is -3.39. The van der Waals surface area contributed by atoms with E-state index in [-0.39, 0.29) is 5.76 Å². The highest BCUT2D eigenvalue weighted by atomic mass is 32.2. The van der Waals surface area contributed by atoms with Gasteiger partial charge in [0.25, 0.3) is 0 Å². The van der Waals surface area contributed by atoms with Crippen molar-refractivity contribution < 1.29 is 22.4 Å². The molecule has 0 aliphatic carbocycles. The summed E-state index contributed by atoms with van der Waals surface area (Å²) in [5, 5.41) is 0. The molecule has 1 heterocycles. The van der Waals surface area contributed by atoms with Gasteiger partial charge in [-0.25, -0.2) is 8.42 Å². The molecule has 0 unspecified atom stereocenters. The van der Waals surface area contributed by atoms with Gasteiger partial charge in [-0.15, -0.1) is 0 Å². The average molecular weight is 295 g/mol. The van der Waals surface area contributed by atoms with Crippen molar-refractivity contribution in [2.24, 2.45) is 0 Å². The number of carbonyl (C=O) groups is 1. The summed E-state index contributed by atoms with van der Waals surface area (Å²) in [6, 6.07) is 8.07. The van der Waals surface area contributed by atoms with Crippen LogP contribution in [-0.4, -0.2) is 28.1 Å². The lowest BCUT2D eigenvalue weighted by Crippen LogP contribution is -2.10. The van der Waals surface area contributed by atoms with Gasteiger partial charge in [-0.2, -0.15) is 0 Å². The van der Waals surface area contributed by atoms with Crippen LogP contribution < -0.4 is 9.46 Å². The Morgan fingerprint density at radius 2 is 2.00 bits per heavy atom. The summed E-state index contributed by atoms with van der Waals surface area (Å²) < 4.78 is 35.3. The van der Waals surface area contributed by atoms with Crippen LogP contribution in [0.2, 0.25) is 0 Å². The van der Waals surface area contributed by atoms with Crippen molar-refractivity contribution in [2.75, 3.05) is 18.1 Å². The van der Waals surface area contributed by atoms with E-state index in [0.29, 0.717) is 29.0 Å². The first kappa shape index (κ1) is 14.1. The summed E-state index contributed by atoms with van der Waals surface area (Å²) in [5.41, 5.74) is 1.01. The van der Waals surface area contributed by atoms with Crippen molar-refractivity contribution in [3.8, 4) is 17.1 Å². The number of aldehydes is 1. The first-order valence-electron chi connectivity index (χ1n) is 5.64. The smallest absolute Gasteiger partial charge is 0.229 e. The lowest BCUT2D eigenvalue weighted by Gasteiger charge is -2.10. The van der Waals surface area contributed by atoms with Crippen LogP contribution in [0.3, 0.4) is 0 Å². The van der Waals surface area contributed by atoms with Crippen LogP contribution in [0.4, 0.5) is 5.69 Å². The fourth-order valence-electron chi connectivity index (χ4n) is 1.70. The van der Waals surface area contributed by atoms with Gasteiger partial charge in [0.1, 0.15) is 11.5 Å². The Bertz CT molecular complexity index is 733. The zero-order valence-electron chi connectivity index (χ0n) is 10.9. The van der Waals surface area contributed by atoms with Gasteiger partial charge in [0.2, 0.25) is 10.0 Å². The second kappa shape index (κ2) is 5.38. The number of sulfonamides is 1. The lowest BCUT2D eigenvalue weighted by atomic mass is 10.1. The van der Waals surface area contributed by atoms with Crippen LogP contribution in [0, 0.1) is 0 Å². The Morgan fingerprint density at radius 1 is 1.25 bits per heavy atom. The number of furan rings is 1. The van der Waals surface area contributed by atoms with Gasteiger partial charge in [-0.05, 0) is 30.3 Å². The second-order valence-electron chi connectivity index (χ2n) is 4.11. The normalized spacial score (nSPS) is 11.1. The lowest BCUT2D eigenvalue weighted by molar-refractivity contribution is 0.110. The Hall–Kier alpha value is -2.28. The van der Waals surface area contributed by atoms with Crippen LogP contribution in [-0.2, 0) is 10.0 Å². The maximum absolute atomic E-state index is 11.2. The topological polar surface area (TPSA) is 85.6 Å². The molecule has 0 saturated carbocycles. The second-order valence-corrected chi connectivity index (χ2v) is 5.86. The van der Waals surface area contributed by atoms with Gasteiger partial charge < -0.3 is 9.15 Å². The predicted molar refractivity (Wildman–Crippen MR) is 74.6 cm³/mol. The number of ether oxygens (including phenoxy) is 1. The van der Waals surface area contributed by atoms with Crippen LogP contribution >= 0.6 is 0 Å². The van der Waals surface area contributed by atoms with Crippen LogP contribution in [0.5, 0.6) is 5.75 Å². The number of methoxy groups -OCH3 is 1. The third-order valence-electron chi connectivity index (χ3n) is 2.52. The minimum Gasteiger partial charge on any atom is -0.495 e. The first-order valence-corrected chi connectivity index (χ1v) is 7.53. The van der Waals surface area contributed by atoms with E-state index in [1.165, 1.54) is 7.11 Å². The molecule has 0 saturated heterocycles.